The molecule has 0 aliphatic carbocycles. The third kappa shape index (κ3) is 3.03. The lowest BCUT2D eigenvalue weighted by molar-refractivity contribution is -0.142. The van der Waals surface area contributed by atoms with E-state index in [4.69, 9.17) is 10.00 Å². The van der Waals surface area contributed by atoms with Gasteiger partial charge in [0.05, 0.1) is 23.1 Å². The number of halogens is 1. The summed E-state index contributed by atoms with van der Waals surface area (Å²) in [7, 11) is 0. The lowest BCUT2D eigenvalue weighted by Gasteiger charge is -2.04. The van der Waals surface area contributed by atoms with Gasteiger partial charge in [0.15, 0.2) is 0 Å². The van der Waals surface area contributed by atoms with Crippen molar-refractivity contribution in [3.63, 3.8) is 0 Å². The van der Waals surface area contributed by atoms with E-state index in [1.54, 1.807) is 6.92 Å². The van der Waals surface area contributed by atoms with E-state index in [-0.39, 0.29) is 12.4 Å². The van der Waals surface area contributed by atoms with Crippen LogP contribution in [-0.4, -0.2) is 17.6 Å². The lowest BCUT2D eigenvalue weighted by Crippen LogP contribution is -2.09. The van der Waals surface area contributed by atoms with Crippen molar-refractivity contribution in [3.05, 3.63) is 28.0 Å². The molecule has 0 aliphatic rings. The van der Waals surface area contributed by atoms with Crippen molar-refractivity contribution in [1.29, 1.82) is 5.26 Å². The highest BCUT2D eigenvalue weighted by Crippen LogP contribution is 2.18. The molecule has 4 nitrogen and oxygen atoms in total. The zero-order valence-corrected chi connectivity index (χ0v) is 9.74. The summed E-state index contributed by atoms with van der Waals surface area (Å²) >= 11 is 3.20. The van der Waals surface area contributed by atoms with E-state index >= 15 is 0 Å². The molecule has 5 heteroatoms. The molecule has 0 unspecified atom stereocenters. The highest BCUT2D eigenvalue weighted by molar-refractivity contribution is 9.10. The number of esters is 1. The molecule has 1 aromatic rings. The Labute approximate surface area is 96.0 Å². The number of hydrogen-bond donors (Lipinski definition) is 0. The highest BCUT2D eigenvalue weighted by Gasteiger charge is 2.11. The maximum atomic E-state index is 11.2. The average molecular weight is 269 g/mol. The summed E-state index contributed by atoms with van der Waals surface area (Å²) in [6, 6.07) is 2.02. The predicted octanol–water partition coefficient (Wildman–Crippen LogP) is 1.82. The van der Waals surface area contributed by atoms with Gasteiger partial charge in [-0.2, -0.15) is 5.26 Å². The molecule has 1 aromatic heterocycles. The Bertz CT molecular complexity index is 412. The fraction of sp³-hybridized carbons (Fsp3) is 0.300. The van der Waals surface area contributed by atoms with Gasteiger partial charge in [-0.25, -0.2) is 0 Å². The number of pyridine rings is 1. The molecule has 0 atom stereocenters. The van der Waals surface area contributed by atoms with Gasteiger partial charge in [0.1, 0.15) is 6.07 Å². The van der Waals surface area contributed by atoms with Gasteiger partial charge in [-0.15, -0.1) is 0 Å². The van der Waals surface area contributed by atoms with Gasteiger partial charge in [0.25, 0.3) is 0 Å². The maximum Gasteiger partial charge on any atom is 0.310 e. The van der Waals surface area contributed by atoms with Crippen molar-refractivity contribution in [2.24, 2.45) is 0 Å². The first-order valence-corrected chi connectivity index (χ1v) is 5.16. The van der Waals surface area contributed by atoms with Crippen LogP contribution < -0.4 is 0 Å². The van der Waals surface area contributed by atoms with Gasteiger partial charge in [0, 0.05) is 18.0 Å². The average Bonchev–Trinajstić information content (AvgIpc) is 2.18. The normalized spacial score (nSPS) is 9.40. The summed E-state index contributed by atoms with van der Waals surface area (Å²) in [5.41, 5.74) is 1.00. The van der Waals surface area contributed by atoms with Gasteiger partial charge < -0.3 is 4.74 Å². The second-order valence-corrected chi connectivity index (χ2v) is 3.60. The van der Waals surface area contributed by atoms with E-state index in [2.05, 4.69) is 20.9 Å². The largest absolute Gasteiger partial charge is 0.466 e. The molecule has 0 saturated heterocycles. The number of nitrogens with zero attached hydrogens (tertiary/aromatic N) is 2. The third-order valence-electron chi connectivity index (χ3n) is 1.73. The molecule has 0 amide bonds. The molecule has 0 aromatic carbocycles. The molecule has 0 bridgehead atoms. The van der Waals surface area contributed by atoms with Crippen LogP contribution in [0.25, 0.3) is 0 Å². The SMILES string of the molecule is CCOC(=O)Cc1cncc(Br)c1C#N. The van der Waals surface area contributed by atoms with Gasteiger partial charge in [-0.3, -0.25) is 9.78 Å². The first-order valence-electron chi connectivity index (χ1n) is 4.37. The molecular weight excluding hydrogens is 260 g/mol. The summed E-state index contributed by atoms with van der Waals surface area (Å²) in [4.78, 5) is 15.1. The molecule has 0 spiro atoms. The van der Waals surface area contributed by atoms with Crippen molar-refractivity contribution in [2.75, 3.05) is 6.61 Å². The predicted molar refractivity (Wildman–Crippen MR) is 57.0 cm³/mol. The quantitative estimate of drug-likeness (QED) is 0.785. The minimum atomic E-state index is -0.353. The number of ether oxygens (including phenoxy) is 1. The Hall–Kier alpha value is -1.41. The first kappa shape index (κ1) is 11.7. The molecule has 78 valence electrons. The van der Waals surface area contributed by atoms with Crippen LogP contribution in [0.3, 0.4) is 0 Å². The third-order valence-corrected chi connectivity index (χ3v) is 2.33. The van der Waals surface area contributed by atoms with Crippen LogP contribution in [0, 0.1) is 11.3 Å². The number of aromatic nitrogens is 1. The molecule has 0 saturated carbocycles. The second kappa shape index (κ2) is 5.47. The minimum absolute atomic E-state index is 0.0726. The molecule has 0 fully saturated rings. The van der Waals surface area contributed by atoms with Crippen molar-refractivity contribution < 1.29 is 9.53 Å². The van der Waals surface area contributed by atoms with Crippen LogP contribution >= 0.6 is 15.9 Å². The molecule has 1 heterocycles. The lowest BCUT2D eigenvalue weighted by atomic mass is 10.1. The van der Waals surface area contributed by atoms with Crippen molar-refractivity contribution in [3.8, 4) is 6.07 Å². The van der Waals surface area contributed by atoms with Crippen molar-refractivity contribution in [1.82, 2.24) is 4.98 Å². The minimum Gasteiger partial charge on any atom is -0.466 e. The van der Waals surface area contributed by atoms with Gasteiger partial charge in [-0.05, 0) is 22.9 Å². The molecular formula is C10H9BrN2O2. The second-order valence-electron chi connectivity index (χ2n) is 2.75. The number of carbonyl (C=O) groups is 1. The summed E-state index contributed by atoms with van der Waals surface area (Å²) < 4.78 is 5.38. The summed E-state index contributed by atoms with van der Waals surface area (Å²) in [5, 5.41) is 8.88. The topological polar surface area (TPSA) is 63.0 Å². The standard InChI is InChI=1S/C10H9BrN2O2/c1-2-15-10(14)3-7-5-13-6-9(11)8(7)4-12/h5-6H,2-3H2,1H3. The van der Waals surface area contributed by atoms with E-state index < -0.39 is 0 Å². The number of nitriles is 1. The molecule has 0 radical (unpaired) electrons. The van der Waals surface area contributed by atoms with Crippen molar-refractivity contribution >= 4 is 21.9 Å². The van der Waals surface area contributed by atoms with Gasteiger partial charge in [0.2, 0.25) is 0 Å². The maximum absolute atomic E-state index is 11.2. The highest BCUT2D eigenvalue weighted by atomic mass is 79.9. The van der Waals surface area contributed by atoms with E-state index in [0.29, 0.717) is 22.2 Å². The van der Waals surface area contributed by atoms with Crippen LogP contribution in [0.4, 0.5) is 0 Å². The van der Waals surface area contributed by atoms with E-state index in [1.165, 1.54) is 12.4 Å². The monoisotopic (exact) mass is 268 g/mol. The molecule has 1 rings (SSSR count). The Balaban J connectivity index is 2.91. The Morgan fingerprint density at radius 3 is 3.00 bits per heavy atom. The van der Waals surface area contributed by atoms with E-state index in [1.807, 2.05) is 6.07 Å². The van der Waals surface area contributed by atoms with Gasteiger partial charge >= 0.3 is 5.97 Å². The van der Waals surface area contributed by atoms with Crippen molar-refractivity contribution in [2.45, 2.75) is 13.3 Å². The smallest absolute Gasteiger partial charge is 0.310 e. The summed E-state index contributed by atoms with van der Waals surface area (Å²) in [6.45, 7) is 2.07. The zero-order valence-electron chi connectivity index (χ0n) is 8.16. The van der Waals surface area contributed by atoms with Gasteiger partial charge in [-0.1, -0.05) is 0 Å². The molecule has 0 N–H and O–H groups in total. The number of hydrogen-bond acceptors (Lipinski definition) is 4. The number of carbonyl (C=O) groups excluding carboxylic acids is 1. The molecule has 0 aliphatic heterocycles. The van der Waals surface area contributed by atoms with Crippen LogP contribution in [0.2, 0.25) is 0 Å². The Morgan fingerprint density at radius 2 is 2.40 bits per heavy atom. The molecule has 15 heavy (non-hydrogen) atoms. The fourth-order valence-electron chi connectivity index (χ4n) is 1.10. The Kier molecular flexibility index (Phi) is 4.25. The van der Waals surface area contributed by atoms with E-state index in [9.17, 15) is 4.79 Å². The zero-order chi connectivity index (χ0) is 11.3. The number of rotatable bonds is 3. The van der Waals surface area contributed by atoms with E-state index in [0.717, 1.165) is 0 Å². The van der Waals surface area contributed by atoms with Crippen LogP contribution in [0.5, 0.6) is 0 Å². The summed E-state index contributed by atoms with van der Waals surface area (Å²) in [5.74, 6) is -0.353. The fourth-order valence-corrected chi connectivity index (χ4v) is 1.56. The summed E-state index contributed by atoms with van der Waals surface area (Å²) in [6.07, 6.45) is 3.09. The van der Waals surface area contributed by atoms with Crippen LogP contribution in [0.1, 0.15) is 18.1 Å². The van der Waals surface area contributed by atoms with Crippen LogP contribution in [-0.2, 0) is 16.0 Å². The van der Waals surface area contributed by atoms with Crippen LogP contribution in [0.15, 0.2) is 16.9 Å². The first-order chi connectivity index (χ1) is 7.19. The Morgan fingerprint density at radius 1 is 1.67 bits per heavy atom.